The van der Waals surface area contributed by atoms with Gasteiger partial charge in [0.2, 0.25) is 0 Å². The molecule has 2 atom stereocenters. The predicted molar refractivity (Wildman–Crippen MR) is 75.7 cm³/mol. The number of ether oxygens (including phenoxy) is 2. The molecule has 0 saturated carbocycles. The minimum atomic E-state index is 0.235. The largest absolute Gasteiger partial charge is 0.496 e. The Balaban J connectivity index is 1.92. The Morgan fingerprint density at radius 1 is 1.42 bits per heavy atom. The van der Waals surface area contributed by atoms with Gasteiger partial charge in [0.15, 0.2) is 0 Å². The molecule has 1 heterocycles. The van der Waals surface area contributed by atoms with E-state index in [1.807, 2.05) is 0 Å². The van der Waals surface area contributed by atoms with Gasteiger partial charge in [-0.2, -0.15) is 0 Å². The summed E-state index contributed by atoms with van der Waals surface area (Å²) in [4.78, 5) is 2.61. The molecule has 0 radical (unpaired) electrons. The van der Waals surface area contributed by atoms with Gasteiger partial charge in [-0.3, -0.25) is 4.90 Å². The summed E-state index contributed by atoms with van der Waals surface area (Å²) in [5.74, 6) is 1.02. The van der Waals surface area contributed by atoms with E-state index in [9.17, 15) is 0 Å². The molecule has 1 aromatic carbocycles. The molecule has 0 N–H and O–H groups in total. The Hall–Kier alpha value is -1.06. The van der Waals surface area contributed by atoms with Gasteiger partial charge in [0.25, 0.3) is 0 Å². The van der Waals surface area contributed by atoms with Crippen LogP contribution in [0.1, 0.15) is 37.0 Å². The average Bonchev–Trinajstić information content (AvgIpc) is 2.47. The lowest BCUT2D eigenvalue weighted by atomic mass is 9.83. The van der Waals surface area contributed by atoms with E-state index in [1.165, 1.54) is 30.5 Å². The minimum absolute atomic E-state index is 0.235. The monoisotopic (exact) mass is 261 g/mol. The molecule has 1 fully saturated rings. The summed E-state index contributed by atoms with van der Waals surface area (Å²) in [5.41, 5.74) is 2.70. The van der Waals surface area contributed by atoms with Gasteiger partial charge in [0.05, 0.1) is 19.8 Å². The molecule has 0 bridgehead atoms. The summed E-state index contributed by atoms with van der Waals surface area (Å²) >= 11 is 0. The molecule has 104 valence electrons. The third kappa shape index (κ3) is 2.26. The molecule has 2 unspecified atom stereocenters. The average molecular weight is 261 g/mol. The van der Waals surface area contributed by atoms with Gasteiger partial charge in [-0.05, 0) is 37.4 Å². The Bertz CT molecular complexity index is 444. The van der Waals surface area contributed by atoms with Crippen molar-refractivity contribution in [1.29, 1.82) is 0 Å². The highest BCUT2D eigenvalue weighted by molar-refractivity contribution is 5.44. The molecule has 1 saturated heterocycles. The van der Waals surface area contributed by atoms with E-state index in [4.69, 9.17) is 9.47 Å². The van der Waals surface area contributed by atoms with Crippen LogP contribution in [0.15, 0.2) is 18.2 Å². The van der Waals surface area contributed by atoms with E-state index in [1.54, 1.807) is 7.11 Å². The third-order valence-corrected chi connectivity index (χ3v) is 4.39. The van der Waals surface area contributed by atoms with E-state index >= 15 is 0 Å². The topological polar surface area (TPSA) is 21.7 Å². The van der Waals surface area contributed by atoms with Crippen molar-refractivity contribution in [2.75, 3.05) is 26.8 Å². The van der Waals surface area contributed by atoms with E-state index in [-0.39, 0.29) is 6.10 Å². The zero-order valence-corrected chi connectivity index (χ0v) is 11.9. The maximum Gasteiger partial charge on any atom is 0.122 e. The molecule has 1 aliphatic carbocycles. The summed E-state index contributed by atoms with van der Waals surface area (Å²) in [7, 11) is 1.76. The Kier molecular flexibility index (Phi) is 3.76. The first kappa shape index (κ1) is 12.9. The first-order valence-electron chi connectivity index (χ1n) is 7.36. The van der Waals surface area contributed by atoms with Crippen molar-refractivity contribution in [1.82, 2.24) is 4.90 Å². The standard InChI is InChI=1S/C16H23NO2/c1-3-9-17-10-11-19-16-13-5-4-6-15(18-2)12(13)7-8-14(16)17/h4-6,14,16H,3,7-11H2,1-2H3. The molecule has 0 amide bonds. The number of hydrogen-bond acceptors (Lipinski definition) is 3. The van der Waals surface area contributed by atoms with Gasteiger partial charge in [0, 0.05) is 18.2 Å². The van der Waals surface area contributed by atoms with Crippen LogP contribution in [-0.4, -0.2) is 37.7 Å². The lowest BCUT2D eigenvalue weighted by Gasteiger charge is -2.44. The molecular weight excluding hydrogens is 238 g/mol. The molecule has 1 aliphatic heterocycles. The predicted octanol–water partition coefficient (Wildman–Crippen LogP) is 2.79. The van der Waals surface area contributed by atoms with Crippen molar-refractivity contribution >= 4 is 0 Å². The van der Waals surface area contributed by atoms with Crippen molar-refractivity contribution in [3.05, 3.63) is 29.3 Å². The fraction of sp³-hybridized carbons (Fsp3) is 0.625. The molecular formula is C16H23NO2. The second-order valence-electron chi connectivity index (χ2n) is 5.46. The van der Waals surface area contributed by atoms with Crippen LogP contribution in [-0.2, 0) is 11.2 Å². The molecule has 0 aromatic heterocycles. The number of nitrogens with zero attached hydrogens (tertiary/aromatic N) is 1. The van der Waals surface area contributed by atoms with Crippen LogP contribution in [0.2, 0.25) is 0 Å². The minimum Gasteiger partial charge on any atom is -0.496 e. The second kappa shape index (κ2) is 5.51. The molecule has 3 heteroatoms. The normalized spacial score (nSPS) is 26.6. The van der Waals surface area contributed by atoms with Crippen LogP contribution in [0.4, 0.5) is 0 Å². The number of benzene rings is 1. The van der Waals surface area contributed by atoms with E-state index in [0.717, 1.165) is 25.3 Å². The van der Waals surface area contributed by atoms with Crippen LogP contribution < -0.4 is 4.74 Å². The maximum absolute atomic E-state index is 6.09. The first-order chi connectivity index (χ1) is 9.35. The van der Waals surface area contributed by atoms with Gasteiger partial charge in [-0.25, -0.2) is 0 Å². The van der Waals surface area contributed by atoms with Crippen molar-refractivity contribution in [3.8, 4) is 5.75 Å². The first-order valence-corrected chi connectivity index (χ1v) is 7.36. The van der Waals surface area contributed by atoms with Gasteiger partial charge >= 0.3 is 0 Å². The number of morpholine rings is 1. The van der Waals surface area contributed by atoms with Crippen LogP contribution >= 0.6 is 0 Å². The Morgan fingerprint density at radius 2 is 2.32 bits per heavy atom. The number of methoxy groups -OCH3 is 1. The number of rotatable bonds is 3. The zero-order chi connectivity index (χ0) is 13.2. The van der Waals surface area contributed by atoms with Gasteiger partial charge in [-0.1, -0.05) is 19.1 Å². The molecule has 0 spiro atoms. The van der Waals surface area contributed by atoms with Crippen molar-refractivity contribution in [3.63, 3.8) is 0 Å². The van der Waals surface area contributed by atoms with Crippen LogP contribution in [0.5, 0.6) is 5.75 Å². The summed E-state index contributed by atoms with van der Waals surface area (Å²) in [6.45, 7) is 5.36. The van der Waals surface area contributed by atoms with E-state index in [0.29, 0.717) is 6.04 Å². The summed E-state index contributed by atoms with van der Waals surface area (Å²) in [6, 6.07) is 6.91. The quantitative estimate of drug-likeness (QED) is 0.835. The van der Waals surface area contributed by atoms with Crippen LogP contribution in [0.3, 0.4) is 0 Å². The van der Waals surface area contributed by atoms with Gasteiger partial charge in [-0.15, -0.1) is 0 Å². The second-order valence-corrected chi connectivity index (χ2v) is 5.46. The highest BCUT2D eigenvalue weighted by Gasteiger charge is 2.37. The lowest BCUT2D eigenvalue weighted by molar-refractivity contribution is -0.0802. The Labute approximate surface area is 115 Å². The number of fused-ring (bicyclic) bond motifs is 3. The Morgan fingerprint density at radius 3 is 3.11 bits per heavy atom. The molecule has 3 nitrogen and oxygen atoms in total. The number of hydrogen-bond donors (Lipinski definition) is 0. The molecule has 1 aromatic rings. The lowest BCUT2D eigenvalue weighted by Crippen LogP contribution is -2.49. The highest BCUT2D eigenvalue weighted by Crippen LogP contribution is 2.41. The van der Waals surface area contributed by atoms with E-state index in [2.05, 4.69) is 30.0 Å². The van der Waals surface area contributed by atoms with Crippen LogP contribution in [0.25, 0.3) is 0 Å². The van der Waals surface area contributed by atoms with E-state index < -0.39 is 0 Å². The van der Waals surface area contributed by atoms with Crippen molar-refractivity contribution in [2.45, 2.75) is 38.3 Å². The SMILES string of the molecule is CCCN1CCOC2c3cccc(OC)c3CCC21. The maximum atomic E-state index is 6.09. The molecule has 2 aliphatic rings. The summed E-state index contributed by atoms with van der Waals surface area (Å²) in [5, 5.41) is 0. The third-order valence-electron chi connectivity index (χ3n) is 4.39. The van der Waals surface area contributed by atoms with Crippen LogP contribution in [0, 0.1) is 0 Å². The highest BCUT2D eigenvalue weighted by atomic mass is 16.5. The van der Waals surface area contributed by atoms with Gasteiger partial charge < -0.3 is 9.47 Å². The fourth-order valence-corrected chi connectivity index (χ4v) is 3.56. The molecule has 3 rings (SSSR count). The summed E-state index contributed by atoms with van der Waals surface area (Å²) in [6.07, 6.45) is 3.73. The molecule has 19 heavy (non-hydrogen) atoms. The zero-order valence-electron chi connectivity index (χ0n) is 11.9. The fourth-order valence-electron chi connectivity index (χ4n) is 3.56. The van der Waals surface area contributed by atoms with Crippen molar-refractivity contribution in [2.24, 2.45) is 0 Å². The summed E-state index contributed by atoms with van der Waals surface area (Å²) < 4.78 is 11.6. The van der Waals surface area contributed by atoms with Gasteiger partial charge in [0.1, 0.15) is 5.75 Å². The smallest absolute Gasteiger partial charge is 0.122 e. The van der Waals surface area contributed by atoms with Crippen molar-refractivity contribution < 1.29 is 9.47 Å².